The minimum absolute atomic E-state index is 0.00815. The Hall–Kier alpha value is -4.11. The molecule has 2 atom stereocenters. The van der Waals surface area contributed by atoms with Gasteiger partial charge in [0.1, 0.15) is 17.5 Å². The summed E-state index contributed by atoms with van der Waals surface area (Å²) in [6.45, 7) is 1.79. The number of furan rings is 1. The fourth-order valence-electron chi connectivity index (χ4n) is 4.54. The van der Waals surface area contributed by atoms with E-state index in [0.29, 0.717) is 35.2 Å². The number of fused-ring (bicyclic) bond motifs is 2. The lowest BCUT2D eigenvalue weighted by molar-refractivity contribution is -0.138. The number of nitrogens with one attached hydrogen (secondary N) is 2. The third-order valence-corrected chi connectivity index (χ3v) is 7.46. The van der Waals surface area contributed by atoms with Gasteiger partial charge in [-0.1, -0.05) is 36.2 Å². The first-order valence-electron chi connectivity index (χ1n) is 12.7. The predicted molar refractivity (Wildman–Crippen MR) is 152 cm³/mol. The van der Waals surface area contributed by atoms with Gasteiger partial charge >= 0.3 is 5.97 Å². The number of aliphatic hydroxyl groups is 1. The van der Waals surface area contributed by atoms with Crippen LogP contribution in [-0.4, -0.2) is 64.5 Å². The Morgan fingerprint density at radius 3 is 2.73 bits per heavy atom. The van der Waals surface area contributed by atoms with Crippen LogP contribution in [-0.2, 0) is 17.8 Å². The highest BCUT2D eigenvalue weighted by Gasteiger charge is 2.29. The molecule has 0 spiro atoms. The maximum atomic E-state index is 13.2. The lowest BCUT2D eigenvalue weighted by Gasteiger charge is -2.30. The Balaban J connectivity index is 1.50. The van der Waals surface area contributed by atoms with E-state index >= 15 is 0 Å². The number of hydrogen-bond donors (Lipinski definition) is 4. The van der Waals surface area contributed by atoms with Crippen molar-refractivity contribution in [3.8, 4) is 6.19 Å². The van der Waals surface area contributed by atoms with Crippen LogP contribution in [0.5, 0.6) is 0 Å². The molecule has 0 saturated carbocycles. The van der Waals surface area contributed by atoms with E-state index in [4.69, 9.17) is 32.9 Å². The number of aliphatic carboxylic acids is 1. The molecule has 2 aromatic carbocycles. The highest BCUT2D eigenvalue weighted by Crippen LogP contribution is 2.35. The van der Waals surface area contributed by atoms with Crippen molar-refractivity contribution in [2.75, 3.05) is 19.7 Å². The first-order valence-corrected chi connectivity index (χ1v) is 13.5. The van der Waals surface area contributed by atoms with Gasteiger partial charge < -0.3 is 24.8 Å². The maximum Gasteiger partial charge on any atom is 0.328 e. The van der Waals surface area contributed by atoms with Crippen molar-refractivity contribution in [3.05, 3.63) is 68.9 Å². The SMILES string of the molecule is C[C@H](CO)CC(=NC[C@H](NC(=O)c1c(Cl)cc2c(c1Cl)CCN(C(=O)c1ccc3ccoc3c1)C2)C(=O)O)NC#N. The summed E-state index contributed by atoms with van der Waals surface area (Å²) in [5.41, 5.74) is 2.34. The number of nitriles is 1. The zero-order valence-electron chi connectivity index (χ0n) is 22.0. The number of nitrogens with zero attached hydrogens (tertiary/aromatic N) is 3. The number of hydrogen-bond acceptors (Lipinski definition) is 7. The molecule has 13 heteroatoms. The van der Waals surface area contributed by atoms with Crippen molar-refractivity contribution in [3.63, 3.8) is 0 Å². The van der Waals surface area contributed by atoms with Crippen LogP contribution in [0.1, 0.15) is 45.2 Å². The first kappa shape index (κ1) is 29.9. The molecule has 0 fully saturated rings. The average molecular weight is 600 g/mol. The Morgan fingerprint density at radius 2 is 2.02 bits per heavy atom. The molecule has 4 N–H and O–H groups in total. The minimum Gasteiger partial charge on any atom is -0.480 e. The molecule has 41 heavy (non-hydrogen) atoms. The summed E-state index contributed by atoms with van der Waals surface area (Å²) in [5.74, 6) is -2.37. The van der Waals surface area contributed by atoms with Gasteiger partial charge in [-0.05, 0) is 47.7 Å². The van der Waals surface area contributed by atoms with E-state index in [1.165, 1.54) is 0 Å². The van der Waals surface area contributed by atoms with E-state index in [2.05, 4.69) is 15.6 Å². The molecule has 4 rings (SSSR count). The van der Waals surface area contributed by atoms with Gasteiger partial charge in [0.25, 0.3) is 11.8 Å². The normalized spacial score (nSPS) is 14.6. The molecule has 0 aliphatic carbocycles. The quantitative estimate of drug-likeness (QED) is 0.125. The highest BCUT2D eigenvalue weighted by molar-refractivity contribution is 6.40. The topological polar surface area (TPSA) is 168 Å². The number of amides is 2. The zero-order valence-corrected chi connectivity index (χ0v) is 23.5. The van der Waals surface area contributed by atoms with Crippen molar-refractivity contribution in [2.24, 2.45) is 10.9 Å². The number of aliphatic hydroxyl groups excluding tert-OH is 1. The van der Waals surface area contributed by atoms with E-state index in [1.54, 1.807) is 42.5 Å². The average Bonchev–Trinajstić information content (AvgIpc) is 3.42. The zero-order chi connectivity index (χ0) is 29.7. The van der Waals surface area contributed by atoms with Crippen molar-refractivity contribution >= 4 is 57.8 Å². The summed E-state index contributed by atoms with van der Waals surface area (Å²) in [5, 5.41) is 33.6. The molecule has 1 aliphatic heterocycles. The van der Waals surface area contributed by atoms with Gasteiger partial charge in [-0.2, -0.15) is 5.26 Å². The maximum absolute atomic E-state index is 13.2. The lowest BCUT2D eigenvalue weighted by atomic mass is 9.96. The predicted octanol–water partition coefficient (Wildman–Crippen LogP) is 3.61. The van der Waals surface area contributed by atoms with Crippen LogP contribution < -0.4 is 10.6 Å². The minimum atomic E-state index is -1.44. The summed E-state index contributed by atoms with van der Waals surface area (Å²) in [4.78, 5) is 44.0. The Morgan fingerprint density at radius 1 is 1.24 bits per heavy atom. The van der Waals surface area contributed by atoms with Crippen molar-refractivity contribution in [1.82, 2.24) is 15.5 Å². The van der Waals surface area contributed by atoms with Crippen LogP contribution >= 0.6 is 23.2 Å². The Kier molecular flexibility index (Phi) is 9.50. The summed E-state index contributed by atoms with van der Waals surface area (Å²) >= 11 is 13.1. The number of aliphatic imine (C=N–C) groups is 1. The van der Waals surface area contributed by atoms with E-state index in [-0.39, 0.29) is 59.4 Å². The molecule has 11 nitrogen and oxygen atoms in total. The van der Waals surface area contributed by atoms with Crippen LogP contribution in [0.2, 0.25) is 10.0 Å². The van der Waals surface area contributed by atoms with Crippen LogP contribution in [0.3, 0.4) is 0 Å². The van der Waals surface area contributed by atoms with E-state index in [0.717, 1.165) is 5.39 Å². The molecular weight excluding hydrogens is 573 g/mol. The summed E-state index contributed by atoms with van der Waals surface area (Å²) in [6.07, 6.45) is 3.86. The molecule has 214 valence electrons. The van der Waals surface area contributed by atoms with E-state index in [9.17, 15) is 24.6 Å². The number of halogens is 2. The van der Waals surface area contributed by atoms with Gasteiger partial charge in [-0.15, -0.1) is 0 Å². The van der Waals surface area contributed by atoms with Gasteiger partial charge in [0.15, 0.2) is 6.19 Å². The van der Waals surface area contributed by atoms with Crippen LogP contribution in [0, 0.1) is 17.4 Å². The second kappa shape index (κ2) is 13.0. The number of amidine groups is 1. The van der Waals surface area contributed by atoms with E-state index in [1.807, 2.05) is 12.1 Å². The number of benzene rings is 2. The van der Waals surface area contributed by atoms with Crippen molar-refractivity contribution in [2.45, 2.75) is 32.4 Å². The second-order valence-electron chi connectivity index (χ2n) is 9.72. The van der Waals surface area contributed by atoms with Gasteiger partial charge in [0.2, 0.25) is 0 Å². The Labute approximate surface area is 245 Å². The summed E-state index contributed by atoms with van der Waals surface area (Å²) in [6, 6.07) is 7.17. The fourth-order valence-corrected chi connectivity index (χ4v) is 5.30. The van der Waals surface area contributed by atoms with Crippen LogP contribution in [0.4, 0.5) is 0 Å². The van der Waals surface area contributed by atoms with Crippen LogP contribution in [0.25, 0.3) is 11.0 Å². The summed E-state index contributed by atoms with van der Waals surface area (Å²) in [7, 11) is 0. The van der Waals surface area contributed by atoms with Gasteiger partial charge in [0.05, 0.1) is 28.4 Å². The molecule has 1 aliphatic rings. The second-order valence-corrected chi connectivity index (χ2v) is 10.5. The third kappa shape index (κ3) is 6.79. The molecule has 0 saturated heterocycles. The lowest BCUT2D eigenvalue weighted by Crippen LogP contribution is -2.44. The number of carbonyl (C=O) groups excluding carboxylic acids is 2. The monoisotopic (exact) mass is 599 g/mol. The number of rotatable bonds is 9. The van der Waals surface area contributed by atoms with Gasteiger partial charge in [-0.3, -0.25) is 19.9 Å². The van der Waals surface area contributed by atoms with Gasteiger partial charge in [-0.25, -0.2) is 4.79 Å². The molecule has 0 radical (unpaired) electrons. The molecular formula is C28H27Cl2N5O6. The van der Waals surface area contributed by atoms with E-state index < -0.39 is 17.9 Å². The molecule has 2 heterocycles. The number of carbonyl (C=O) groups is 3. The largest absolute Gasteiger partial charge is 0.480 e. The standard InChI is InChI=1S/C28H27Cl2N5O6/c1-15(13-36)8-23(33-14-31)32-11-21(28(39)40)34-26(37)24-20(29)9-18-12-35(6-4-19(18)25(24)30)27(38)17-3-2-16-5-7-41-22(16)10-17/h2-3,5,7,9-10,15,21,36H,4,6,8,11-13H2,1H3,(H,32,33)(H,34,37)(H,39,40)/t15-,21-/m0/s1. The van der Waals surface area contributed by atoms with Crippen molar-refractivity contribution < 1.29 is 29.0 Å². The van der Waals surface area contributed by atoms with Crippen molar-refractivity contribution in [1.29, 1.82) is 5.26 Å². The number of carboxylic acids is 1. The molecule has 1 aromatic heterocycles. The molecule has 2 amide bonds. The fraction of sp³-hybridized carbons (Fsp3) is 0.321. The van der Waals surface area contributed by atoms with Crippen LogP contribution in [0.15, 0.2) is 46.0 Å². The first-order chi connectivity index (χ1) is 19.6. The molecule has 3 aromatic rings. The molecule has 0 unspecified atom stereocenters. The van der Waals surface area contributed by atoms with Gasteiger partial charge in [0, 0.05) is 37.1 Å². The summed E-state index contributed by atoms with van der Waals surface area (Å²) < 4.78 is 5.41. The smallest absolute Gasteiger partial charge is 0.328 e. The molecule has 0 bridgehead atoms. The number of carboxylic acid groups (broad SMARTS) is 1. The third-order valence-electron chi connectivity index (χ3n) is 6.74. The highest BCUT2D eigenvalue weighted by atomic mass is 35.5. The Bertz CT molecular complexity index is 1560.